The quantitative estimate of drug-likeness (QED) is 0.471. The summed E-state index contributed by atoms with van der Waals surface area (Å²) in [5.74, 6) is -6.03. The van der Waals surface area contributed by atoms with Crippen LogP contribution in [0.4, 0.5) is 26.3 Å². The van der Waals surface area contributed by atoms with E-state index in [1.165, 1.54) is 38.8 Å². The zero-order valence-electron chi connectivity index (χ0n) is 18.6. The van der Waals surface area contributed by atoms with Crippen molar-refractivity contribution in [2.45, 2.75) is 50.5 Å². The predicted molar refractivity (Wildman–Crippen MR) is 107 cm³/mol. The predicted octanol–water partition coefficient (Wildman–Crippen LogP) is 1.95. The van der Waals surface area contributed by atoms with Gasteiger partial charge in [-0.1, -0.05) is 0 Å². The molecule has 0 bridgehead atoms. The molecule has 1 N–H and O–H groups in total. The topological polar surface area (TPSA) is 79.0 Å². The van der Waals surface area contributed by atoms with E-state index in [0.29, 0.717) is 17.2 Å². The van der Waals surface area contributed by atoms with E-state index in [4.69, 9.17) is 4.74 Å². The summed E-state index contributed by atoms with van der Waals surface area (Å²) in [5, 5.41) is 3.33. The van der Waals surface area contributed by atoms with Crippen molar-refractivity contribution >= 4 is 17.5 Å². The number of piperidine rings is 1. The maximum atomic E-state index is 12.7. The molecular formula is C21H29F6N3O4. The van der Waals surface area contributed by atoms with Gasteiger partial charge in [0.05, 0.1) is 0 Å². The fourth-order valence-corrected chi connectivity index (χ4v) is 5.00. The minimum Gasteiger partial charge on any atom is -0.381 e. The zero-order valence-corrected chi connectivity index (χ0v) is 18.6. The van der Waals surface area contributed by atoms with Gasteiger partial charge in [-0.2, -0.15) is 26.3 Å². The summed E-state index contributed by atoms with van der Waals surface area (Å²) >= 11 is 0. The average molecular weight is 501 g/mol. The summed E-state index contributed by atoms with van der Waals surface area (Å²) in [4.78, 5) is 36.7. The second kappa shape index (κ2) is 10.5. The van der Waals surface area contributed by atoms with Gasteiger partial charge >= 0.3 is 23.9 Å². The standard InChI is InChI=1S/C17H29N3O2.C4F6O2/c21-16(20-9-5-18-6-10-20)15-13-17(15)3-7-19(8-4-17)14-1-11-22-12-2-14;5-3(6,7)1(11)2(12)4(8,9)10/h14-15,18H,1-13H2;. The highest BCUT2D eigenvalue weighted by atomic mass is 19.4. The highest BCUT2D eigenvalue weighted by Crippen LogP contribution is 2.60. The zero-order chi connectivity index (χ0) is 25.1. The fourth-order valence-electron chi connectivity index (χ4n) is 5.00. The van der Waals surface area contributed by atoms with Gasteiger partial charge in [-0.25, -0.2) is 0 Å². The number of carbonyl (C=O) groups is 3. The number of rotatable bonds is 3. The minimum absolute atomic E-state index is 0.336. The van der Waals surface area contributed by atoms with Crippen LogP contribution in [0.15, 0.2) is 0 Å². The molecule has 1 spiro atoms. The molecule has 4 aliphatic rings. The molecule has 7 nitrogen and oxygen atoms in total. The second-order valence-corrected chi connectivity index (χ2v) is 9.23. The van der Waals surface area contributed by atoms with Crippen LogP contribution >= 0.6 is 0 Å². The molecular weight excluding hydrogens is 472 g/mol. The molecule has 0 aromatic carbocycles. The van der Waals surface area contributed by atoms with E-state index < -0.39 is 23.9 Å². The smallest absolute Gasteiger partial charge is 0.381 e. The summed E-state index contributed by atoms with van der Waals surface area (Å²) in [7, 11) is 0. The van der Waals surface area contributed by atoms with Crippen molar-refractivity contribution in [2.24, 2.45) is 11.3 Å². The fraction of sp³-hybridized carbons (Fsp3) is 0.857. The monoisotopic (exact) mass is 501 g/mol. The van der Waals surface area contributed by atoms with E-state index in [9.17, 15) is 40.7 Å². The first-order chi connectivity index (χ1) is 15.8. The number of nitrogens with one attached hydrogen (secondary N) is 1. The molecule has 3 aliphatic heterocycles. The lowest BCUT2D eigenvalue weighted by atomic mass is 9.89. The van der Waals surface area contributed by atoms with Gasteiger partial charge in [-0.05, 0) is 50.6 Å². The molecule has 13 heteroatoms. The lowest BCUT2D eigenvalue weighted by Gasteiger charge is -2.40. The van der Waals surface area contributed by atoms with Crippen LogP contribution in [-0.4, -0.2) is 98.2 Å². The van der Waals surface area contributed by atoms with Crippen LogP contribution in [0.2, 0.25) is 0 Å². The van der Waals surface area contributed by atoms with Crippen molar-refractivity contribution in [3.8, 4) is 0 Å². The number of halogens is 6. The first kappa shape index (κ1) is 26.9. The molecule has 3 saturated heterocycles. The number of carbonyl (C=O) groups excluding carboxylic acids is 3. The van der Waals surface area contributed by atoms with Gasteiger partial charge in [0.25, 0.3) is 0 Å². The Labute approximate surface area is 193 Å². The van der Waals surface area contributed by atoms with Crippen LogP contribution in [0, 0.1) is 11.3 Å². The number of ketones is 2. The Kier molecular flexibility index (Phi) is 8.29. The number of alkyl halides is 6. The van der Waals surface area contributed by atoms with Crippen molar-refractivity contribution in [3.63, 3.8) is 0 Å². The Bertz CT molecular complexity index is 729. The summed E-state index contributed by atoms with van der Waals surface area (Å²) in [6.07, 6.45) is -5.55. The number of nitrogens with zero attached hydrogens (tertiary/aromatic N) is 2. The van der Waals surface area contributed by atoms with Crippen molar-refractivity contribution in [3.05, 3.63) is 0 Å². The molecule has 0 aromatic rings. The average Bonchev–Trinajstić information content (AvgIpc) is 3.51. The number of ether oxygens (including phenoxy) is 1. The van der Waals surface area contributed by atoms with Crippen LogP contribution in [0.5, 0.6) is 0 Å². The molecule has 0 radical (unpaired) electrons. The second-order valence-electron chi connectivity index (χ2n) is 9.23. The van der Waals surface area contributed by atoms with Gasteiger partial charge < -0.3 is 19.9 Å². The molecule has 34 heavy (non-hydrogen) atoms. The first-order valence-corrected chi connectivity index (χ1v) is 11.4. The van der Waals surface area contributed by atoms with Crippen molar-refractivity contribution in [2.75, 3.05) is 52.5 Å². The van der Waals surface area contributed by atoms with Gasteiger partial charge in [0.2, 0.25) is 5.91 Å². The van der Waals surface area contributed by atoms with Crippen LogP contribution < -0.4 is 5.32 Å². The highest BCUT2D eigenvalue weighted by molar-refractivity contribution is 6.41. The summed E-state index contributed by atoms with van der Waals surface area (Å²) in [5.41, 5.74) is 0.365. The van der Waals surface area contributed by atoms with Crippen molar-refractivity contribution < 1.29 is 45.5 Å². The van der Waals surface area contributed by atoms with Gasteiger partial charge in [0.15, 0.2) is 0 Å². The third-order valence-electron chi connectivity index (χ3n) is 7.14. The third kappa shape index (κ3) is 6.48. The Hall–Kier alpha value is -1.73. The maximum absolute atomic E-state index is 12.7. The SMILES string of the molecule is O=C(C(=O)C(F)(F)F)C(F)(F)F.O=C(C1CC12CCN(C1CCOCC1)CC2)N1CCNCC1. The molecule has 1 aliphatic carbocycles. The van der Waals surface area contributed by atoms with E-state index in [2.05, 4.69) is 15.1 Å². The van der Waals surface area contributed by atoms with E-state index in [0.717, 1.165) is 51.9 Å². The maximum Gasteiger partial charge on any atom is 0.458 e. The van der Waals surface area contributed by atoms with Crippen molar-refractivity contribution in [1.82, 2.24) is 15.1 Å². The lowest BCUT2D eigenvalue weighted by molar-refractivity contribution is -0.193. The number of hydrogen-bond acceptors (Lipinski definition) is 6. The lowest BCUT2D eigenvalue weighted by Crippen LogP contribution is -2.48. The van der Waals surface area contributed by atoms with Gasteiger partial charge in [0, 0.05) is 51.4 Å². The molecule has 4 rings (SSSR count). The number of likely N-dealkylation sites (tertiary alicyclic amines) is 1. The number of Topliss-reactive ketones (excluding diaryl/α,β-unsaturated/α-hetero) is 2. The largest absolute Gasteiger partial charge is 0.458 e. The Balaban J connectivity index is 0.000000232. The Morgan fingerprint density at radius 3 is 1.79 bits per heavy atom. The summed E-state index contributed by atoms with van der Waals surface area (Å²) in [6, 6.07) is 0.729. The summed E-state index contributed by atoms with van der Waals surface area (Å²) in [6.45, 7) is 7.96. The number of piperazine rings is 1. The van der Waals surface area contributed by atoms with Gasteiger partial charge in [-0.3, -0.25) is 14.4 Å². The van der Waals surface area contributed by atoms with Crippen LogP contribution in [-0.2, 0) is 19.1 Å². The molecule has 1 saturated carbocycles. The Morgan fingerprint density at radius 1 is 0.824 bits per heavy atom. The van der Waals surface area contributed by atoms with E-state index >= 15 is 0 Å². The normalized spacial score (nSPS) is 25.9. The van der Waals surface area contributed by atoms with Crippen LogP contribution in [0.1, 0.15) is 32.1 Å². The van der Waals surface area contributed by atoms with Crippen LogP contribution in [0.3, 0.4) is 0 Å². The van der Waals surface area contributed by atoms with Crippen molar-refractivity contribution in [1.29, 1.82) is 0 Å². The molecule has 1 atom stereocenters. The molecule has 0 aromatic heterocycles. The third-order valence-corrected chi connectivity index (χ3v) is 7.14. The van der Waals surface area contributed by atoms with E-state index in [-0.39, 0.29) is 0 Å². The molecule has 4 fully saturated rings. The minimum atomic E-state index is -5.77. The van der Waals surface area contributed by atoms with E-state index in [1.807, 2.05) is 0 Å². The number of amides is 1. The first-order valence-electron chi connectivity index (χ1n) is 11.4. The van der Waals surface area contributed by atoms with Gasteiger partial charge in [-0.15, -0.1) is 0 Å². The summed E-state index contributed by atoms with van der Waals surface area (Å²) < 4.78 is 72.4. The molecule has 194 valence electrons. The van der Waals surface area contributed by atoms with Crippen LogP contribution in [0.25, 0.3) is 0 Å². The Morgan fingerprint density at radius 2 is 1.32 bits per heavy atom. The molecule has 1 unspecified atom stereocenters. The highest BCUT2D eigenvalue weighted by Gasteiger charge is 2.59. The van der Waals surface area contributed by atoms with Gasteiger partial charge in [0.1, 0.15) is 0 Å². The number of hydrogen-bond donors (Lipinski definition) is 1. The molecule has 3 heterocycles. The molecule has 1 amide bonds. The van der Waals surface area contributed by atoms with E-state index in [1.54, 1.807) is 0 Å².